The van der Waals surface area contributed by atoms with Crippen LogP contribution in [0.3, 0.4) is 0 Å². The number of hydrogen-bond acceptors (Lipinski definition) is 5. The van der Waals surface area contributed by atoms with Crippen LogP contribution in [0.4, 0.5) is 19.3 Å². The molecule has 2 N–H and O–H groups in total. The first-order valence-corrected chi connectivity index (χ1v) is 13.9. The number of hydrogen-bond donors (Lipinski definition) is 2. The van der Waals surface area contributed by atoms with E-state index in [1.165, 1.54) is 17.0 Å². The Morgan fingerprint density at radius 1 is 1.05 bits per heavy atom. The second kappa shape index (κ2) is 11.6. The highest BCUT2D eigenvalue weighted by atomic mass is 19.1. The molecule has 5 aromatic rings. The predicted octanol–water partition coefficient (Wildman–Crippen LogP) is 6.65. The highest BCUT2D eigenvalue weighted by Gasteiger charge is 2.36. The Balaban J connectivity index is 1.30. The van der Waals surface area contributed by atoms with Gasteiger partial charge in [0.2, 0.25) is 0 Å². The number of nitrogens with zero attached hydrogens (tertiary/aromatic N) is 5. The average Bonchev–Trinajstić information content (AvgIpc) is 3.55. The largest absolute Gasteiger partial charge is 0.465 e. The first-order chi connectivity index (χ1) is 20.4. The third-order valence-corrected chi connectivity index (χ3v) is 8.35. The van der Waals surface area contributed by atoms with Gasteiger partial charge in [-0.05, 0) is 63.7 Å². The second-order valence-electron chi connectivity index (χ2n) is 10.7. The molecule has 3 atom stereocenters. The fourth-order valence-corrected chi connectivity index (χ4v) is 6.22. The van der Waals surface area contributed by atoms with Crippen LogP contribution < -0.4 is 4.90 Å². The van der Waals surface area contributed by atoms with E-state index >= 15 is 8.78 Å². The van der Waals surface area contributed by atoms with Crippen molar-refractivity contribution < 1.29 is 18.7 Å². The van der Waals surface area contributed by atoms with E-state index < -0.39 is 23.8 Å². The summed E-state index contributed by atoms with van der Waals surface area (Å²) in [6.45, 7) is 2.91. The molecular formula is C32H30F2N6O2. The van der Waals surface area contributed by atoms with Gasteiger partial charge in [0.1, 0.15) is 17.3 Å². The van der Waals surface area contributed by atoms with Crippen LogP contribution in [0.1, 0.15) is 36.4 Å². The Hall–Kier alpha value is -4.86. The maximum absolute atomic E-state index is 15.4. The van der Waals surface area contributed by atoms with Gasteiger partial charge >= 0.3 is 6.09 Å². The van der Waals surface area contributed by atoms with Gasteiger partial charge in [-0.15, -0.1) is 5.10 Å². The summed E-state index contributed by atoms with van der Waals surface area (Å²) in [6.07, 6.45) is -0.447. The van der Waals surface area contributed by atoms with Crippen LogP contribution in [0.15, 0.2) is 84.9 Å². The summed E-state index contributed by atoms with van der Waals surface area (Å²) >= 11 is 0. The number of amides is 1. The molecule has 0 saturated carbocycles. The van der Waals surface area contributed by atoms with E-state index in [1.54, 1.807) is 4.90 Å². The topological polar surface area (TPSA) is 98.2 Å². The molecule has 10 heteroatoms. The molecule has 6 rings (SSSR count). The lowest BCUT2D eigenvalue weighted by molar-refractivity contribution is 0.111. The summed E-state index contributed by atoms with van der Waals surface area (Å²) < 4.78 is 30.8. The zero-order valence-corrected chi connectivity index (χ0v) is 23.0. The molecule has 0 radical (unpaired) electrons. The number of anilines is 1. The summed E-state index contributed by atoms with van der Waals surface area (Å²) in [5, 5.41) is 25.7. The van der Waals surface area contributed by atoms with E-state index in [2.05, 4.69) is 20.6 Å². The number of carboxylic acid groups (broad SMARTS) is 1. The number of benzene rings is 4. The minimum Gasteiger partial charge on any atom is -0.465 e. The molecule has 1 fully saturated rings. The lowest BCUT2D eigenvalue weighted by Gasteiger charge is -2.42. The average molecular weight is 569 g/mol. The normalized spacial score (nSPS) is 17.7. The predicted molar refractivity (Wildman–Crippen MR) is 156 cm³/mol. The SMILES string of the molecule is C[C@H](c1cccc2ccccc12)N(CC1CCN(c2c(F)cc(-c3nnn[nH]3)cc2F)CC1c1ccccc1)C(=O)O. The Labute approximate surface area is 241 Å². The summed E-state index contributed by atoms with van der Waals surface area (Å²) in [7, 11) is 0. The third-order valence-electron chi connectivity index (χ3n) is 8.35. The zero-order valence-electron chi connectivity index (χ0n) is 23.0. The molecule has 0 spiro atoms. The monoisotopic (exact) mass is 568 g/mol. The molecule has 0 bridgehead atoms. The number of fused-ring (bicyclic) bond motifs is 1. The highest BCUT2D eigenvalue weighted by Crippen LogP contribution is 2.39. The number of aromatic nitrogens is 4. The maximum atomic E-state index is 15.4. The van der Waals surface area contributed by atoms with Crippen molar-refractivity contribution in [2.75, 3.05) is 24.5 Å². The quantitative estimate of drug-likeness (QED) is 0.228. The van der Waals surface area contributed by atoms with E-state index in [9.17, 15) is 9.90 Å². The molecule has 8 nitrogen and oxygen atoms in total. The van der Waals surface area contributed by atoms with Crippen molar-refractivity contribution in [3.63, 3.8) is 0 Å². The van der Waals surface area contributed by atoms with Crippen molar-refractivity contribution in [2.45, 2.75) is 25.3 Å². The van der Waals surface area contributed by atoms with Gasteiger partial charge < -0.3 is 14.9 Å². The first-order valence-electron chi connectivity index (χ1n) is 13.9. The number of nitrogens with one attached hydrogen (secondary N) is 1. The van der Waals surface area contributed by atoms with Crippen molar-refractivity contribution in [1.82, 2.24) is 25.5 Å². The number of carbonyl (C=O) groups is 1. The van der Waals surface area contributed by atoms with E-state index in [0.717, 1.165) is 21.9 Å². The molecule has 214 valence electrons. The van der Waals surface area contributed by atoms with E-state index in [-0.39, 0.29) is 35.5 Å². The molecule has 2 unspecified atom stereocenters. The second-order valence-corrected chi connectivity index (χ2v) is 10.7. The number of aromatic amines is 1. The Kier molecular flexibility index (Phi) is 7.52. The lowest BCUT2D eigenvalue weighted by atomic mass is 9.79. The van der Waals surface area contributed by atoms with Gasteiger partial charge in [0, 0.05) is 31.1 Å². The molecule has 0 aliphatic carbocycles. The smallest absolute Gasteiger partial charge is 0.407 e. The molecular weight excluding hydrogens is 538 g/mol. The molecule has 1 aromatic heterocycles. The van der Waals surface area contributed by atoms with Crippen molar-refractivity contribution >= 4 is 22.6 Å². The van der Waals surface area contributed by atoms with Crippen LogP contribution in [0.5, 0.6) is 0 Å². The summed E-state index contributed by atoms with van der Waals surface area (Å²) in [6, 6.07) is 25.7. The molecule has 1 saturated heterocycles. The fourth-order valence-electron chi connectivity index (χ4n) is 6.22. The number of rotatable bonds is 7. The van der Waals surface area contributed by atoms with Crippen molar-refractivity contribution in [2.24, 2.45) is 5.92 Å². The minimum atomic E-state index is -1.00. The van der Waals surface area contributed by atoms with Crippen LogP contribution in [-0.4, -0.2) is 56.4 Å². The third kappa shape index (κ3) is 5.27. The van der Waals surface area contributed by atoms with E-state index in [0.29, 0.717) is 19.5 Å². The van der Waals surface area contributed by atoms with Crippen LogP contribution in [0.25, 0.3) is 22.2 Å². The Bertz CT molecular complexity index is 1670. The van der Waals surface area contributed by atoms with Gasteiger partial charge in [0.15, 0.2) is 5.82 Å². The summed E-state index contributed by atoms with van der Waals surface area (Å²) in [5.41, 5.74) is 2.05. The van der Waals surface area contributed by atoms with Crippen molar-refractivity contribution in [3.8, 4) is 11.4 Å². The number of halogens is 2. The molecule has 42 heavy (non-hydrogen) atoms. The van der Waals surface area contributed by atoms with Crippen LogP contribution in [-0.2, 0) is 0 Å². The van der Waals surface area contributed by atoms with Crippen LogP contribution in [0.2, 0.25) is 0 Å². The maximum Gasteiger partial charge on any atom is 0.407 e. The minimum absolute atomic E-state index is 0.0668. The first kappa shape index (κ1) is 27.3. The van der Waals surface area contributed by atoms with Gasteiger partial charge in [-0.25, -0.2) is 18.7 Å². The summed E-state index contributed by atoms with van der Waals surface area (Å²) in [5.74, 6) is -1.46. The number of piperidine rings is 1. The van der Waals surface area contributed by atoms with Crippen LogP contribution >= 0.6 is 0 Å². The molecule has 1 aliphatic rings. The molecule has 4 aromatic carbocycles. The number of H-pyrrole nitrogens is 1. The lowest BCUT2D eigenvalue weighted by Crippen LogP contribution is -2.46. The number of tetrazole rings is 1. The van der Waals surface area contributed by atoms with Gasteiger partial charge in [0.25, 0.3) is 0 Å². The van der Waals surface area contributed by atoms with Crippen molar-refractivity contribution in [3.05, 3.63) is 108 Å². The standard InChI is InChI=1S/C32H30F2N6O2/c1-20(25-13-7-11-21-10-5-6-12-26(21)25)40(32(41)42)18-23-14-15-39(19-27(23)22-8-3-2-4-9-22)30-28(33)16-24(17-29(30)34)31-35-37-38-36-31/h2-13,16-17,20,23,27H,14-15,18-19H2,1H3,(H,41,42)(H,35,36,37,38)/t20-,23?,27?/m1/s1. The van der Waals surface area contributed by atoms with Gasteiger partial charge in [-0.2, -0.15) is 0 Å². The highest BCUT2D eigenvalue weighted by molar-refractivity contribution is 5.86. The van der Waals surface area contributed by atoms with E-state index in [4.69, 9.17) is 0 Å². The van der Waals surface area contributed by atoms with Gasteiger partial charge in [-0.1, -0.05) is 72.8 Å². The van der Waals surface area contributed by atoms with E-state index in [1.807, 2.05) is 79.7 Å². The zero-order chi connectivity index (χ0) is 29.2. The molecule has 1 amide bonds. The van der Waals surface area contributed by atoms with Crippen LogP contribution in [0, 0.1) is 17.6 Å². The molecule has 1 aliphatic heterocycles. The summed E-state index contributed by atoms with van der Waals surface area (Å²) in [4.78, 5) is 15.9. The fraction of sp³-hybridized carbons (Fsp3) is 0.250. The van der Waals surface area contributed by atoms with Crippen molar-refractivity contribution in [1.29, 1.82) is 0 Å². The van der Waals surface area contributed by atoms with Gasteiger partial charge in [-0.3, -0.25) is 0 Å². The Morgan fingerprint density at radius 3 is 2.48 bits per heavy atom. The van der Waals surface area contributed by atoms with Gasteiger partial charge in [0.05, 0.1) is 6.04 Å². The Morgan fingerprint density at radius 2 is 1.76 bits per heavy atom. The molecule has 2 heterocycles.